The van der Waals surface area contributed by atoms with Crippen LogP contribution in [0.1, 0.15) is 36.0 Å². The SMILES string of the molecule is O=C1NC(OC(=O)C(F)(F)F)(c2ccc(CN(CCN3CCCCC3)c3nc4ccc(C(F)(F)F)cc4s3)cc2F)NO1. The topological polar surface area (TPSA) is 96.0 Å². The van der Waals surface area contributed by atoms with E-state index in [4.69, 9.17) is 0 Å². The highest BCUT2D eigenvalue weighted by molar-refractivity contribution is 7.22. The van der Waals surface area contributed by atoms with Crippen LogP contribution in [0, 0.1) is 5.82 Å². The van der Waals surface area contributed by atoms with Gasteiger partial charge in [0.1, 0.15) is 5.82 Å². The van der Waals surface area contributed by atoms with Crippen molar-refractivity contribution in [1.82, 2.24) is 20.7 Å². The van der Waals surface area contributed by atoms with Crippen molar-refractivity contribution in [1.29, 1.82) is 0 Å². The molecule has 5 rings (SSSR count). The summed E-state index contributed by atoms with van der Waals surface area (Å²) in [4.78, 5) is 36.1. The van der Waals surface area contributed by atoms with Crippen molar-refractivity contribution in [3.05, 3.63) is 58.9 Å². The molecule has 1 amide bonds. The van der Waals surface area contributed by atoms with Crippen LogP contribution >= 0.6 is 11.3 Å². The van der Waals surface area contributed by atoms with Crippen LogP contribution in [0.2, 0.25) is 0 Å². The highest BCUT2D eigenvalue weighted by Crippen LogP contribution is 2.36. The van der Waals surface area contributed by atoms with Gasteiger partial charge < -0.3 is 19.4 Å². The van der Waals surface area contributed by atoms with Gasteiger partial charge in [-0.25, -0.2) is 19.0 Å². The minimum atomic E-state index is -5.45. The first kappa shape index (κ1) is 30.7. The molecule has 0 saturated carbocycles. The quantitative estimate of drug-likeness (QED) is 0.251. The van der Waals surface area contributed by atoms with Crippen molar-refractivity contribution in [3.8, 4) is 0 Å². The molecule has 2 aliphatic heterocycles. The standard InChI is InChI=1S/C26H24F7N5O4S/c27-18-12-15(4-6-17(18)26(35-23(40)42-36-26)41-21(39)25(31,32)33)14-38(11-10-37-8-2-1-3-9-37)22-34-19-7-5-16(24(28,29)30)13-20(19)43-22/h4-7,12-13,36H,1-3,8-11,14H2,(H,35,40). The predicted octanol–water partition coefficient (Wildman–Crippen LogP) is 5.41. The Morgan fingerprint density at radius 3 is 2.47 bits per heavy atom. The molecule has 0 radical (unpaired) electrons. The zero-order valence-corrected chi connectivity index (χ0v) is 23.0. The monoisotopic (exact) mass is 635 g/mol. The van der Waals surface area contributed by atoms with Gasteiger partial charge in [-0.15, -0.1) is 0 Å². The highest BCUT2D eigenvalue weighted by Gasteiger charge is 2.53. The van der Waals surface area contributed by atoms with Crippen LogP contribution in [0.3, 0.4) is 0 Å². The normalized spacial score (nSPS) is 19.7. The van der Waals surface area contributed by atoms with E-state index in [-0.39, 0.29) is 6.54 Å². The number of halogens is 7. The number of anilines is 1. The summed E-state index contributed by atoms with van der Waals surface area (Å²) in [5.74, 6) is -6.63. The highest BCUT2D eigenvalue weighted by atomic mass is 32.1. The van der Waals surface area contributed by atoms with Crippen LogP contribution in [0.15, 0.2) is 36.4 Å². The molecule has 2 saturated heterocycles. The number of nitrogens with zero attached hydrogens (tertiary/aromatic N) is 3. The minimum absolute atomic E-state index is 0.0304. The number of carbonyl (C=O) groups excluding carboxylic acids is 2. The Bertz CT molecular complexity index is 1510. The molecule has 2 fully saturated rings. The van der Waals surface area contributed by atoms with Gasteiger partial charge in [-0.1, -0.05) is 29.3 Å². The van der Waals surface area contributed by atoms with Gasteiger partial charge in [0, 0.05) is 19.6 Å². The molecule has 2 aromatic carbocycles. The molecular formula is C26H24F7N5O4S. The van der Waals surface area contributed by atoms with Gasteiger partial charge >= 0.3 is 30.3 Å². The van der Waals surface area contributed by atoms with Crippen LogP contribution in [0.4, 0.5) is 40.7 Å². The molecule has 1 aromatic heterocycles. The third-order valence-electron chi connectivity index (χ3n) is 6.94. The van der Waals surface area contributed by atoms with Crippen molar-refractivity contribution in [2.24, 2.45) is 0 Å². The van der Waals surface area contributed by atoms with Crippen LogP contribution in [0.25, 0.3) is 10.2 Å². The Morgan fingerprint density at radius 1 is 1.09 bits per heavy atom. The van der Waals surface area contributed by atoms with Crippen LogP contribution in [-0.4, -0.2) is 54.3 Å². The largest absolute Gasteiger partial charge is 0.491 e. The lowest BCUT2D eigenvalue weighted by atomic mass is 10.1. The van der Waals surface area contributed by atoms with E-state index < -0.39 is 47.2 Å². The van der Waals surface area contributed by atoms with E-state index >= 15 is 4.39 Å². The second-order valence-corrected chi connectivity index (χ2v) is 11.0. The number of alkyl halides is 6. The number of hydrogen-bond acceptors (Lipinski definition) is 9. The smallest absolute Gasteiger partial charge is 0.411 e. The third kappa shape index (κ3) is 6.94. The fraction of sp³-hybridized carbons (Fsp3) is 0.423. The number of nitrogens with one attached hydrogen (secondary N) is 2. The van der Waals surface area contributed by atoms with Gasteiger partial charge in [-0.3, -0.25) is 5.32 Å². The van der Waals surface area contributed by atoms with Crippen molar-refractivity contribution >= 4 is 38.7 Å². The molecule has 2 N–H and O–H groups in total. The van der Waals surface area contributed by atoms with E-state index in [0.29, 0.717) is 34.0 Å². The third-order valence-corrected chi connectivity index (χ3v) is 8.02. The molecule has 1 unspecified atom stereocenters. The van der Waals surface area contributed by atoms with Gasteiger partial charge in [0.15, 0.2) is 5.13 Å². The first-order valence-corrected chi connectivity index (χ1v) is 13.9. The molecular weight excluding hydrogens is 611 g/mol. The summed E-state index contributed by atoms with van der Waals surface area (Å²) in [6.07, 6.45) is -8.12. The number of carbonyl (C=O) groups is 2. The molecule has 0 spiro atoms. The van der Waals surface area contributed by atoms with Crippen molar-refractivity contribution in [3.63, 3.8) is 0 Å². The average molecular weight is 636 g/mol. The Kier molecular flexibility index (Phi) is 8.41. The maximum absolute atomic E-state index is 15.4. The maximum atomic E-state index is 15.4. The lowest BCUT2D eigenvalue weighted by molar-refractivity contribution is -0.225. The van der Waals surface area contributed by atoms with E-state index in [0.717, 1.165) is 68.0 Å². The van der Waals surface area contributed by atoms with Crippen LogP contribution < -0.4 is 15.7 Å². The summed E-state index contributed by atoms with van der Waals surface area (Å²) < 4.78 is 98.6. The summed E-state index contributed by atoms with van der Waals surface area (Å²) in [6.45, 7) is 2.79. The van der Waals surface area contributed by atoms with E-state index in [1.54, 1.807) is 10.4 Å². The number of esters is 1. The average Bonchev–Trinajstić information content (AvgIpc) is 3.53. The number of benzene rings is 2. The number of thiazole rings is 1. The molecule has 0 bridgehead atoms. The number of amides is 1. The number of fused-ring (bicyclic) bond motifs is 1. The molecule has 3 heterocycles. The first-order valence-electron chi connectivity index (χ1n) is 13.0. The Morgan fingerprint density at radius 2 is 1.84 bits per heavy atom. The van der Waals surface area contributed by atoms with E-state index in [1.165, 1.54) is 12.1 Å². The van der Waals surface area contributed by atoms with Crippen molar-refractivity contribution < 1.29 is 49.9 Å². The number of piperidine rings is 1. The zero-order valence-electron chi connectivity index (χ0n) is 22.1. The predicted molar refractivity (Wildman–Crippen MR) is 139 cm³/mol. The van der Waals surface area contributed by atoms with E-state index in [2.05, 4.69) is 19.5 Å². The Hall–Kier alpha value is -3.70. The van der Waals surface area contributed by atoms with E-state index in [1.807, 2.05) is 5.32 Å². The van der Waals surface area contributed by atoms with Crippen molar-refractivity contribution in [2.75, 3.05) is 31.1 Å². The zero-order chi connectivity index (χ0) is 31.0. The molecule has 9 nitrogen and oxygen atoms in total. The fourth-order valence-corrected chi connectivity index (χ4v) is 5.84. The number of ether oxygens (including phenoxy) is 1. The Balaban J connectivity index is 1.43. The van der Waals surface area contributed by atoms with Gasteiger partial charge in [0.05, 0.1) is 21.3 Å². The number of hydroxylamine groups is 1. The molecule has 2 aliphatic rings. The van der Waals surface area contributed by atoms with E-state index in [9.17, 15) is 35.9 Å². The molecule has 1 atom stereocenters. The maximum Gasteiger partial charge on any atom is 0.491 e. The van der Waals surface area contributed by atoms with Gasteiger partial charge in [0.2, 0.25) is 0 Å². The molecule has 232 valence electrons. The number of likely N-dealkylation sites (tertiary alicyclic amines) is 1. The summed E-state index contributed by atoms with van der Waals surface area (Å²) >= 11 is 1.04. The summed E-state index contributed by atoms with van der Waals surface area (Å²) in [5.41, 5.74) is 0.995. The lowest BCUT2D eigenvalue weighted by Crippen LogP contribution is -2.52. The first-order chi connectivity index (χ1) is 20.2. The number of rotatable bonds is 8. The van der Waals surface area contributed by atoms with Gasteiger partial charge in [-0.05, 0) is 61.8 Å². The summed E-state index contributed by atoms with van der Waals surface area (Å²) in [5, 5.41) is 2.23. The van der Waals surface area contributed by atoms with Crippen LogP contribution in [0.5, 0.6) is 0 Å². The molecule has 17 heteroatoms. The second kappa shape index (κ2) is 11.8. The number of hydrogen-bond donors (Lipinski definition) is 2. The fourth-order valence-electron chi connectivity index (χ4n) is 4.81. The molecule has 43 heavy (non-hydrogen) atoms. The molecule has 0 aliphatic carbocycles. The van der Waals surface area contributed by atoms with Gasteiger partial charge in [0.25, 0.3) is 0 Å². The van der Waals surface area contributed by atoms with Crippen LogP contribution in [-0.2, 0) is 32.9 Å². The van der Waals surface area contributed by atoms with Crippen molar-refractivity contribution in [2.45, 2.75) is 44.0 Å². The lowest BCUT2D eigenvalue weighted by Gasteiger charge is -2.30. The van der Waals surface area contributed by atoms with Gasteiger partial charge in [-0.2, -0.15) is 26.3 Å². The summed E-state index contributed by atoms with van der Waals surface area (Å²) in [6, 6.07) is 6.58. The summed E-state index contributed by atoms with van der Waals surface area (Å²) in [7, 11) is 0. The molecule has 3 aromatic rings. The minimum Gasteiger partial charge on any atom is -0.411 e. The Labute approximate surface area is 243 Å². The number of aromatic nitrogens is 1. The second-order valence-electron chi connectivity index (χ2n) is 10.00.